The minimum atomic E-state index is 0.0414. The van der Waals surface area contributed by atoms with Crippen molar-refractivity contribution in [3.63, 3.8) is 0 Å². The van der Waals surface area contributed by atoms with Crippen LogP contribution in [-0.4, -0.2) is 18.5 Å². The molecule has 0 saturated carbocycles. The van der Waals surface area contributed by atoms with Crippen molar-refractivity contribution in [2.75, 3.05) is 13.6 Å². The Morgan fingerprint density at radius 3 is 2.68 bits per heavy atom. The summed E-state index contributed by atoms with van der Waals surface area (Å²) in [5.74, 6) is 0. The van der Waals surface area contributed by atoms with Gasteiger partial charge in [-0.25, -0.2) is 0 Å². The van der Waals surface area contributed by atoms with E-state index in [2.05, 4.69) is 4.90 Å². The van der Waals surface area contributed by atoms with E-state index >= 15 is 0 Å². The molecule has 0 amide bonds. The van der Waals surface area contributed by atoms with Gasteiger partial charge in [-0.2, -0.15) is 0 Å². The van der Waals surface area contributed by atoms with Crippen molar-refractivity contribution in [3.8, 4) is 0 Å². The number of hydrogen-bond donors (Lipinski definition) is 1. The van der Waals surface area contributed by atoms with E-state index in [1.54, 1.807) is 18.6 Å². The Morgan fingerprint density at radius 1 is 1.32 bits per heavy atom. The number of likely N-dealkylation sites (N-methyl/N-ethyl adjacent to an activating group) is 1. The number of nitrogens with zero attached hydrogens (tertiary/aromatic N) is 1. The molecular formula is C14H16Cl2N2O. The molecule has 19 heavy (non-hydrogen) atoms. The van der Waals surface area contributed by atoms with E-state index < -0.39 is 0 Å². The summed E-state index contributed by atoms with van der Waals surface area (Å²) in [6.45, 7) is 1.23. The van der Waals surface area contributed by atoms with E-state index in [0.717, 1.165) is 17.7 Å². The minimum absolute atomic E-state index is 0.0414. The Labute approximate surface area is 122 Å². The second-order valence-electron chi connectivity index (χ2n) is 4.46. The summed E-state index contributed by atoms with van der Waals surface area (Å²) >= 11 is 12.2. The Bertz CT molecular complexity index is 528. The number of rotatable bonds is 5. The van der Waals surface area contributed by atoms with Gasteiger partial charge in [0, 0.05) is 34.7 Å². The monoisotopic (exact) mass is 298 g/mol. The zero-order valence-corrected chi connectivity index (χ0v) is 12.2. The fraction of sp³-hybridized carbons (Fsp3) is 0.286. The quantitative estimate of drug-likeness (QED) is 0.915. The molecule has 0 saturated heterocycles. The van der Waals surface area contributed by atoms with Gasteiger partial charge in [0.1, 0.15) is 0 Å². The first-order valence-corrected chi connectivity index (χ1v) is 6.73. The van der Waals surface area contributed by atoms with E-state index in [4.69, 9.17) is 33.4 Å². The molecule has 1 heterocycles. The molecule has 0 spiro atoms. The van der Waals surface area contributed by atoms with Gasteiger partial charge < -0.3 is 10.2 Å². The molecule has 0 aliphatic rings. The van der Waals surface area contributed by atoms with Crippen LogP contribution in [0.15, 0.2) is 41.2 Å². The lowest BCUT2D eigenvalue weighted by molar-refractivity contribution is 0.241. The maximum Gasteiger partial charge on any atom is 0.0947 e. The lowest BCUT2D eigenvalue weighted by atomic mass is 10.1. The topological polar surface area (TPSA) is 42.4 Å². The van der Waals surface area contributed by atoms with Gasteiger partial charge in [-0.15, -0.1) is 0 Å². The normalized spacial score (nSPS) is 12.9. The van der Waals surface area contributed by atoms with Crippen LogP contribution >= 0.6 is 23.2 Å². The minimum Gasteiger partial charge on any atom is -0.472 e. The van der Waals surface area contributed by atoms with Crippen LogP contribution in [0.25, 0.3) is 0 Å². The smallest absolute Gasteiger partial charge is 0.0947 e. The highest BCUT2D eigenvalue weighted by molar-refractivity contribution is 6.35. The molecule has 1 unspecified atom stereocenters. The summed E-state index contributed by atoms with van der Waals surface area (Å²) < 4.78 is 5.07. The molecule has 0 radical (unpaired) electrons. The number of halogens is 2. The standard InChI is InChI=1S/C14H16Cl2N2O/c1-18(8-10-4-5-19-9-10)14(7-17)12-3-2-11(15)6-13(12)16/h2-6,9,14H,7-8,17H2,1H3. The average molecular weight is 299 g/mol. The van der Waals surface area contributed by atoms with E-state index in [1.807, 2.05) is 25.2 Å². The van der Waals surface area contributed by atoms with E-state index in [0.29, 0.717) is 16.6 Å². The van der Waals surface area contributed by atoms with Gasteiger partial charge in [-0.05, 0) is 30.8 Å². The van der Waals surface area contributed by atoms with Gasteiger partial charge in [-0.3, -0.25) is 4.90 Å². The van der Waals surface area contributed by atoms with Crippen LogP contribution < -0.4 is 5.73 Å². The summed E-state index contributed by atoms with van der Waals surface area (Å²) in [7, 11) is 2.01. The van der Waals surface area contributed by atoms with Crippen molar-refractivity contribution in [2.45, 2.75) is 12.6 Å². The highest BCUT2D eigenvalue weighted by Gasteiger charge is 2.18. The molecule has 3 nitrogen and oxygen atoms in total. The highest BCUT2D eigenvalue weighted by Crippen LogP contribution is 2.29. The van der Waals surface area contributed by atoms with Crippen LogP contribution in [-0.2, 0) is 6.54 Å². The Balaban J connectivity index is 2.18. The summed E-state index contributed by atoms with van der Waals surface area (Å²) in [5.41, 5.74) is 7.97. The van der Waals surface area contributed by atoms with Crippen molar-refractivity contribution in [3.05, 3.63) is 58.0 Å². The largest absolute Gasteiger partial charge is 0.472 e. The fourth-order valence-electron chi connectivity index (χ4n) is 2.10. The molecule has 0 bridgehead atoms. The molecule has 2 aromatic rings. The van der Waals surface area contributed by atoms with Crippen LogP contribution in [0.1, 0.15) is 17.2 Å². The predicted octanol–water partition coefficient (Wildman–Crippen LogP) is 3.72. The van der Waals surface area contributed by atoms with Gasteiger partial charge >= 0.3 is 0 Å². The fourth-order valence-corrected chi connectivity index (χ4v) is 2.63. The molecular weight excluding hydrogens is 283 g/mol. The maximum absolute atomic E-state index is 6.24. The zero-order valence-electron chi connectivity index (χ0n) is 10.6. The van der Waals surface area contributed by atoms with Crippen molar-refractivity contribution in [1.29, 1.82) is 0 Å². The van der Waals surface area contributed by atoms with Crippen molar-refractivity contribution >= 4 is 23.2 Å². The van der Waals surface area contributed by atoms with Crippen LogP contribution in [0.4, 0.5) is 0 Å². The van der Waals surface area contributed by atoms with Crippen molar-refractivity contribution in [1.82, 2.24) is 4.90 Å². The maximum atomic E-state index is 6.24. The van der Waals surface area contributed by atoms with Crippen LogP contribution in [0.5, 0.6) is 0 Å². The molecule has 2 rings (SSSR count). The van der Waals surface area contributed by atoms with E-state index in [-0.39, 0.29) is 6.04 Å². The average Bonchev–Trinajstić information content (AvgIpc) is 2.85. The summed E-state index contributed by atoms with van der Waals surface area (Å²) in [6, 6.07) is 7.48. The first-order valence-electron chi connectivity index (χ1n) is 5.98. The molecule has 0 aliphatic heterocycles. The molecule has 0 aliphatic carbocycles. The Morgan fingerprint density at radius 2 is 2.11 bits per heavy atom. The third-order valence-corrected chi connectivity index (χ3v) is 3.65. The van der Waals surface area contributed by atoms with Gasteiger partial charge in [0.15, 0.2) is 0 Å². The molecule has 2 N–H and O–H groups in total. The van der Waals surface area contributed by atoms with Crippen molar-refractivity contribution in [2.24, 2.45) is 5.73 Å². The Kier molecular flexibility index (Phi) is 4.88. The third-order valence-electron chi connectivity index (χ3n) is 3.09. The SMILES string of the molecule is CN(Cc1ccoc1)C(CN)c1ccc(Cl)cc1Cl. The number of hydrogen-bond acceptors (Lipinski definition) is 3. The Hall–Kier alpha value is -1.000. The number of benzene rings is 1. The van der Waals surface area contributed by atoms with Gasteiger partial charge in [-0.1, -0.05) is 29.3 Å². The van der Waals surface area contributed by atoms with E-state index in [9.17, 15) is 0 Å². The molecule has 5 heteroatoms. The van der Waals surface area contributed by atoms with Crippen LogP contribution in [0.3, 0.4) is 0 Å². The second kappa shape index (κ2) is 6.44. The lowest BCUT2D eigenvalue weighted by Gasteiger charge is -2.27. The van der Waals surface area contributed by atoms with Crippen LogP contribution in [0.2, 0.25) is 10.0 Å². The van der Waals surface area contributed by atoms with Crippen molar-refractivity contribution < 1.29 is 4.42 Å². The predicted molar refractivity (Wildman–Crippen MR) is 78.4 cm³/mol. The van der Waals surface area contributed by atoms with E-state index in [1.165, 1.54) is 0 Å². The number of nitrogens with two attached hydrogens (primary N) is 1. The highest BCUT2D eigenvalue weighted by atomic mass is 35.5. The third kappa shape index (κ3) is 3.51. The number of furan rings is 1. The molecule has 1 atom stereocenters. The van der Waals surface area contributed by atoms with Gasteiger partial charge in [0.2, 0.25) is 0 Å². The molecule has 102 valence electrons. The summed E-state index contributed by atoms with van der Waals surface area (Å²) in [4.78, 5) is 2.14. The van der Waals surface area contributed by atoms with Gasteiger partial charge in [0.05, 0.1) is 12.5 Å². The lowest BCUT2D eigenvalue weighted by Crippen LogP contribution is -2.30. The van der Waals surface area contributed by atoms with Crippen LogP contribution in [0, 0.1) is 0 Å². The molecule has 0 fully saturated rings. The van der Waals surface area contributed by atoms with Gasteiger partial charge in [0.25, 0.3) is 0 Å². The zero-order chi connectivity index (χ0) is 13.8. The second-order valence-corrected chi connectivity index (χ2v) is 5.31. The first-order chi connectivity index (χ1) is 9.11. The first kappa shape index (κ1) is 14.4. The molecule has 1 aromatic carbocycles. The summed E-state index contributed by atoms with van der Waals surface area (Å²) in [5, 5.41) is 1.27. The summed E-state index contributed by atoms with van der Waals surface area (Å²) in [6.07, 6.45) is 3.39. The molecule has 1 aromatic heterocycles.